The molecule has 0 fully saturated rings. The maximum absolute atomic E-state index is 11.3. The van der Waals surface area contributed by atoms with Gasteiger partial charge in [0, 0.05) is 7.05 Å². The summed E-state index contributed by atoms with van der Waals surface area (Å²) in [6.45, 7) is 0. The molecule has 0 unspecified atom stereocenters. The number of hydrogen-bond donors (Lipinski definition) is 1. The van der Waals surface area contributed by atoms with Gasteiger partial charge in [0.1, 0.15) is 5.75 Å². The number of methoxy groups -OCH3 is 1. The molecule has 0 saturated heterocycles. The Kier molecular flexibility index (Phi) is 4.14. The molecular formula is C10H12N2O4. The van der Waals surface area contributed by atoms with Crippen molar-refractivity contribution < 1.29 is 19.1 Å². The van der Waals surface area contributed by atoms with Gasteiger partial charge in [0.25, 0.3) is 0 Å². The molecule has 0 heterocycles. The zero-order valence-electron chi connectivity index (χ0n) is 8.97. The minimum absolute atomic E-state index is 0.387. The Morgan fingerprint density at radius 2 is 1.88 bits per heavy atom. The average molecular weight is 224 g/mol. The molecule has 0 aliphatic carbocycles. The highest BCUT2D eigenvalue weighted by Gasteiger charge is 2.12. The Hall–Kier alpha value is -2.24. The van der Waals surface area contributed by atoms with Gasteiger partial charge in [-0.05, 0) is 12.1 Å². The first-order valence-corrected chi connectivity index (χ1v) is 4.48. The Bertz CT molecular complexity index is 366. The van der Waals surface area contributed by atoms with E-state index < -0.39 is 12.2 Å². The van der Waals surface area contributed by atoms with Crippen LogP contribution in [0.15, 0.2) is 30.3 Å². The summed E-state index contributed by atoms with van der Waals surface area (Å²) in [4.78, 5) is 22.2. The standard InChI is InChI=1S/C10H12N2O4/c1-12(10(14)15-2)11-9(13)16-8-6-4-3-5-7-8/h3-7H,1-2H3,(H,11,13). The van der Waals surface area contributed by atoms with Gasteiger partial charge in [-0.15, -0.1) is 0 Å². The van der Waals surface area contributed by atoms with Crippen LogP contribution in [0.4, 0.5) is 9.59 Å². The number of para-hydroxylation sites is 1. The molecule has 0 aromatic heterocycles. The third kappa shape index (κ3) is 3.49. The Labute approximate surface area is 92.7 Å². The predicted molar refractivity (Wildman–Crippen MR) is 55.8 cm³/mol. The summed E-state index contributed by atoms with van der Waals surface area (Å²) < 4.78 is 9.26. The molecule has 1 rings (SSSR count). The van der Waals surface area contributed by atoms with Crippen molar-refractivity contribution in [2.45, 2.75) is 0 Å². The summed E-state index contributed by atoms with van der Waals surface area (Å²) >= 11 is 0. The van der Waals surface area contributed by atoms with Crippen LogP contribution < -0.4 is 10.2 Å². The van der Waals surface area contributed by atoms with E-state index in [1.54, 1.807) is 30.3 Å². The second kappa shape index (κ2) is 5.59. The van der Waals surface area contributed by atoms with Crippen LogP contribution in [0.2, 0.25) is 0 Å². The fourth-order valence-electron chi connectivity index (χ4n) is 0.938. The number of carbonyl (C=O) groups excluding carboxylic acids is 2. The van der Waals surface area contributed by atoms with Crippen molar-refractivity contribution in [3.05, 3.63) is 30.3 Å². The zero-order valence-corrected chi connectivity index (χ0v) is 8.97. The van der Waals surface area contributed by atoms with Crippen molar-refractivity contribution in [3.63, 3.8) is 0 Å². The van der Waals surface area contributed by atoms with Gasteiger partial charge in [0.2, 0.25) is 0 Å². The van der Waals surface area contributed by atoms with E-state index in [1.807, 2.05) is 0 Å². The number of amides is 2. The first-order chi connectivity index (χ1) is 7.63. The summed E-state index contributed by atoms with van der Waals surface area (Å²) in [5.74, 6) is 0.387. The molecular weight excluding hydrogens is 212 g/mol. The predicted octanol–water partition coefficient (Wildman–Crippen LogP) is 1.39. The molecule has 0 saturated carbocycles. The number of ether oxygens (including phenoxy) is 2. The largest absolute Gasteiger partial charge is 0.452 e. The van der Waals surface area contributed by atoms with Crippen LogP contribution in [0, 0.1) is 0 Å². The Balaban J connectivity index is 2.45. The molecule has 6 nitrogen and oxygen atoms in total. The minimum atomic E-state index is -0.765. The highest BCUT2D eigenvalue weighted by molar-refractivity contribution is 5.75. The number of hydrogen-bond acceptors (Lipinski definition) is 4. The molecule has 0 radical (unpaired) electrons. The van der Waals surface area contributed by atoms with Gasteiger partial charge in [-0.3, -0.25) is 0 Å². The number of carbonyl (C=O) groups is 2. The van der Waals surface area contributed by atoms with E-state index in [0.29, 0.717) is 5.75 Å². The second-order valence-electron chi connectivity index (χ2n) is 2.84. The van der Waals surface area contributed by atoms with Crippen LogP contribution in [0.5, 0.6) is 5.75 Å². The highest BCUT2D eigenvalue weighted by atomic mass is 16.6. The lowest BCUT2D eigenvalue weighted by atomic mass is 10.3. The summed E-state index contributed by atoms with van der Waals surface area (Å²) in [6.07, 6.45) is -1.45. The van der Waals surface area contributed by atoms with Gasteiger partial charge in [-0.2, -0.15) is 0 Å². The van der Waals surface area contributed by atoms with Crippen molar-refractivity contribution in [3.8, 4) is 5.75 Å². The lowest BCUT2D eigenvalue weighted by Gasteiger charge is -2.15. The van der Waals surface area contributed by atoms with Crippen LogP contribution in [-0.4, -0.2) is 31.4 Å². The summed E-state index contributed by atoms with van der Waals surface area (Å²) in [7, 11) is 2.56. The highest BCUT2D eigenvalue weighted by Crippen LogP contribution is 2.08. The van der Waals surface area contributed by atoms with Crippen LogP contribution in [-0.2, 0) is 4.74 Å². The SMILES string of the molecule is COC(=O)N(C)NC(=O)Oc1ccccc1. The third-order valence-electron chi connectivity index (χ3n) is 1.66. The summed E-state index contributed by atoms with van der Waals surface area (Å²) in [5, 5.41) is 0.880. The summed E-state index contributed by atoms with van der Waals surface area (Å²) in [5.41, 5.74) is 2.18. The maximum Gasteiger partial charge on any atom is 0.431 e. The molecule has 0 spiro atoms. The lowest BCUT2D eigenvalue weighted by molar-refractivity contribution is 0.109. The molecule has 6 heteroatoms. The minimum Gasteiger partial charge on any atom is -0.452 e. The quantitative estimate of drug-likeness (QED) is 0.732. The second-order valence-corrected chi connectivity index (χ2v) is 2.84. The van der Waals surface area contributed by atoms with Gasteiger partial charge in [0.05, 0.1) is 7.11 Å². The first-order valence-electron chi connectivity index (χ1n) is 4.48. The van der Waals surface area contributed by atoms with E-state index in [-0.39, 0.29) is 0 Å². The van der Waals surface area contributed by atoms with Gasteiger partial charge in [-0.25, -0.2) is 20.0 Å². The Morgan fingerprint density at radius 3 is 2.44 bits per heavy atom. The summed E-state index contributed by atoms with van der Waals surface area (Å²) in [6, 6.07) is 8.50. The van der Waals surface area contributed by atoms with E-state index in [9.17, 15) is 9.59 Å². The third-order valence-corrected chi connectivity index (χ3v) is 1.66. The smallest absolute Gasteiger partial charge is 0.431 e. The van der Waals surface area contributed by atoms with E-state index in [4.69, 9.17) is 4.74 Å². The molecule has 0 bridgehead atoms. The lowest BCUT2D eigenvalue weighted by Crippen LogP contribution is -2.44. The number of benzene rings is 1. The van der Waals surface area contributed by atoms with E-state index in [2.05, 4.69) is 10.2 Å². The van der Waals surface area contributed by atoms with Gasteiger partial charge in [0.15, 0.2) is 0 Å². The zero-order chi connectivity index (χ0) is 12.0. The van der Waals surface area contributed by atoms with Crippen molar-refractivity contribution in [1.29, 1.82) is 0 Å². The number of nitrogens with one attached hydrogen (secondary N) is 1. The topological polar surface area (TPSA) is 67.9 Å². The molecule has 16 heavy (non-hydrogen) atoms. The molecule has 0 aliphatic heterocycles. The number of rotatable bonds is 1. The molecule has 86 valence electrons. The fraction of sp³-hybridized carbons (Fsp3) is 0.200. The molecule has 0 atom stereocenters. The van der Waals surface area contributed by atoms with E-state index >= 15 is 0 Å². The van der Waals surface area contributed by atoms with Crippen LogP contribution >= 0.6 is 0 Å². The van der Waals surface area contributed by atoms with Crippen LogP contribution in [0.3, 0.4) is 0 Å². The number of hydrazine groups is 1. The van der Waals surface area contributed by atoms with Gasteiger partial charge >= 0.3 is 12.2 Å². The van der Waals surface area contributed by atoms with Crippen molar-refractivity contribution in [1.82, 2.24) is 10.4 Å². The molecule has 1 aromatic carbocycles. The van der Waals surface area contributed by atoms with E-state index in [0.717, 1.165) is 5.01 Å². The monoisotopic (exact) mass is 224 g/mol. The first kappa shape index (κ1) is 11.8. The van der Waals surface area contributed by atoms with Crippen molar-refractivity contribution >= 4 is 12.2 Å². The average Bonchev–Trinajstić information content (AvgIpc) is 2.29. The van der Waals surface area contributed by atoms with Crippen LogP contribution in [0.25, 0.3) is 0 Å². The van der Waals surface area contributed by atoms with E-state index in [1.165, 1.54) is 14.2 Å². The Morgan fingerprint density at radius 1 is 1.25 bits per heavy atom. The van der Waals surface area contributed by atoms with Crippen molar-refractivity contribution in [2.24, 2.45) is 0 Å². The fourth-order valence-corrected chi connectivity index (χ4v) is 0.938. The molecule has 2 amide bonds. The van der Waals surface area contributed by atoms with Gasteiger partial charge < -0.3 is 9.47 Å². The van der Waals surface area contributed by atoms with Crippen LogP contribution in [0.1, 0.15) is 0 Å². The molecule has 1 aromatic rings. The molecule has 0 aliphatic rings. The van der Waals surface area contributed by atoms with Crippen molar-refractivity contribution in [2.75, 3.05) is 14.2 Å². The van der Waals surface area contributed by atoms with Gasteiger partial charge in [-0.1, -0.05) is 18.2 Å². The number of nitrogens with zero attached hydrogens (tertiary/aromatic N) is 1. The normalized spacial score (nSPS) is 9.12. The maximum atomic E-state index is 11.3. The molecule has 1 N–H and O–H groups in total.